The first-order valence-electron chi connectivity index (χ1n) is 6.19. The zero-order valence-corrected chi connectivity index (χ0v) is 11.3. The van der Waals surface area contributed by atoms with Gasteiger partial charge in [0.1, 0.15) is 6.17 Å². The third kappa shape index (κ3) is 1.96. The van der Waals surface area contributed by atoms with Crippen molar-refractivity contribution in [2.45, 2.75) is 12.6 Å². The van der Waals surface area contributed by atoms with Gasteiger partial charge in [-0.15, -0.1) is 12.4 Å². The molecular weight excluding hydrogens is 276 g/mol. The Labute approximate surface area is 122 Å². The Balaban J connectivity index is 0.00000121. The summed E-state index contributed by atoms with van der Waals surface area (Å²) in [6.07, 6.45) is 4.07. The normalized spacial score (nSPS) is 18.2. The number of fused-ring (bicyclic) bond motifs is 2. The van der Waals surface area contributed by atoms with Crippen LogP contribution >= 0.6 is 12.4 Å². The molecule has 0 spiro atoms. The van der Waals surface area contributed by atoms with Crippen LogP contribution in [-0.4, -0.2) is 10.9 Å². The molecule has 3 heterocycles. The molecule has 20 heavy (non-hydrogen) atoms. The molecule has 1 aromatic carbocycles. The van der Waals surface area contributed by atoms with Gasteiger partial charge in [-0.3, -0.25) is 9.78 Å². The lowest BCUT2D eigenvalue weighted by Gasteiger charge is -2.11. The van der Waals surface area contributed by atoms with Crippen molar-refractivity contribution >= 4 is 35.4 Å². The molecule has 0 saturated heterocycles. The van der Waals surface area contributed by atoms with Crippen LogP contribution in [0.1, 0.15) is 17.3 Å². The number of anilines is 3. The number of hydrogen-bond acceptors (Lipinski definition) is 4. The summed E-state index contributed by atoms with van der Waals surface area (Å²) in [6, 6.07) is 7.98. The topological polar surface area (TPSA) is 66.0 Å². The summed E-state index contributed by atoms with van der Waals surface area (Å²) in [7, 11) is 0. The van der Waals surface area contributed by atoms with Crippen LogP contribution in [0, 0.1) is 0 Å². The van der Waals surface area contributed by atoms with Crippen LogP contribution in [0.15, 0.2) is 36.7 Å². The molecule has 1 aromatic heterocycles. The Morgan fingerprint density at radius 2 is 1.75 bits per heavy atom. The first-order valence-corrected chi connectivity index (χ1v) is 6.19. The molecule has 0 radical (unpaired) electrons. The molecule has 2 aliphatic heterocycles. The van der Waals surface area contributed by atoms with Gasteiger partial charge in [-0.2, -0.15) is 0 Å². The molecule has 4 rings (SSSR count). The molecule has 0 bridgehead atoms. The van der Waals surface area contributed by atoms with Crippen molar-refractivity contribution < 1.29 is 4.79 Å². The second-order valence-electron chi connectivity index (χ2n) is 4.78. The monoisotopic (exact) mass is 288 g/mol. The minimum absolute atomic E-state index is 0. The summed E-state index contributed by atoms with van der Waals surface area (Å²) in [5.41, 5.74) is 5.15. The van der Waals surface area contributed by atoms with E-state index in [9.17, 15) is 4.79 Å². The van der Waals surface area contributed by atoms with Gasteiger partial charge < -0.3 is 16.0 Å². The molecule has 0 saturated carbocycles. The highest BCUT2D eigenvalue weighted by Crippen LogP contribution is 2.40. The SMILES string of the molecule is Cl.O=C1Cc2cc3c(cc2N1)NC(c1ccncc1)N3. The highest BCUT2D eigenvalue weighted by Gasteiger charge is 2.26. The van der Waals surface area contributed by atoms with Crippen LogP contribution in [-0.2, 0) is 11.2 Å². The molecule has 2 aromatic rings. The average molecular weight is 289 g/mol. The lowest BCUT2D eigenvalue weighted by Crippen LogP contribution is -2.11. The Kier molecular flexibility index (Phi) is 2.99. The summed E-state index contributed by atoms with van der Waals surface area (Å²) >= 11 is 0. The van der Waals surface area contributed by atoms with Crippen molar-refractivity contribution in [3.8, 4) is 0 Å². The second kappa shape index (κ2) is 4.68. The van der Waals surface area contributed by atoms with E-state index in [1.807, 2.05) is 24.3 Å². The van der Waals surface area contributed by atoms with Gasteiger partial charge in [-0.1, -0.05) is 0 Å². The number of halogens is 1. The van der Waals surface area contributed by atoms with E-state index in [1.54, 1.807) is 12.4 Å². The number of pyridine rings is 1. The molecular formula is C14H13ClN4O. The largest absolute Gasteiger partial charge is 0.360 e. The predicted octanol–water partition coefficient (Wildman–Crippen LogP) is 2.53. The van der Waals surface area contributed by atoms with E-state index in [1.165, 1.54) is 0 Å². The van der Waals surface area contributed by atoms with Gasteiger partial charge in [-0.25, -0.2) is 0 Å². The van der Waals surface area contributed by atoms with Crippen LogP contribution in [0.25, 0.3) is 0 Å². The van der Waals surface area contributed by atoms with E-state index in [0.717, 1.165) is 28.2 Å². The number of hydrogen-bond donors (Lipinski definition) is 3. The first kappa shape index (κ1) is 12.7. The van der Waals surface area contributed by atoms with E-state index >= 15 is 0 Å². The van der Waals surface area contributed by atoms with Crippen molar-refractivity contribution in [3.63, 3.8) is 0 Å². The number of aromatic nitrogens is 1. The van der Waals surface area contributed by atoms with Crippen LogP contribution in [0.4, 0.5) is 17.1 Å². The number of amides is 1. The highest BCUT2D eigenvalue weighted by atomic mass is 35.5. The fraction of sp³-hybridized carbons (Fsp3) is 0.143. The molecule has 6 heteroatoms. The second-order valence-corrected chi connectivity index (χ2v) is 4.78. The molecule has 0 fully saturated rings. The van der Waals surface area contributed by atoms with E-state index in [0.29, 0.717) is 6.42 Å². The van der Waals surface area contributed by atoms with Crippen molar-refractivity contribution in [3.05, 3.63) is 47.8 Å². The maximum absolute atomic E-state index is 11.4. The summed E-state index contributed by atoms with van der Waals surface area (Å²) < 4.78 is 0. The van der Waals surface area contributed by atoms with Crippen LogP contribution in [0.3, 0.4) is 0 Å². The molecule has 5 nitrogen and oxygen atoms in total. The molecule has 2 aliphatic rings. The summed E-state index contributed by atoms with van der Waals surface area (Å²) in [4.78, 5) is 15.4. The number of nitrogens with zero attached hydrogens (tertiary/aromatic N) is 1. The minimum Gasteiger partial charge on any atom is -0.360 e. The van der Waals surface area contributed by atoms with E-state index < -0.39 is 0 Å². The smallest absolute Gasteiger partial charge is 0.228 e. The Morgan fingerprint density at radius 1 is 1.05 bits per heavy atom. The van der Waals surface area contributed by atoms with E-state index in [-0.39, 0.29) is 24.5 Å². The quantitative estimate of drug-likeness (QED) is 0.754. The Morgan fingerprint density at radius 3 is 2.50 bits per heavy atom. The van der Waals surface area contributed by atoms with Crippen LogP contribution in [0.2, 0.25) is 0 Å². The summed E-state index contributed by atoms with van der Waals surface area (Å²) in [5.74, 6) is 0.0596. The lowest BCUT2D eigenvalue weighted by molar-refractivity contribution is -0.115. The standard InChI is InChI=1S/C14H12N4O.ClH/c19-13-6-9-5-11-12(7-10(9)16-13)18-14(17-11)8-1-3-15-4-2-8;/h1-5,7,14,17-18H,6H2,(H,16,19);1H. The minimum atomic E-state index is 0. The number of carbonyl (C=O) groups is 1. The Hall–Kier alpha value is -2.27. The zero-order chi connectivity index (χ0) is 12.8. The average Bonchev–Trinajstić information content (AvgIpc) is 2.98. The Bertz CT molecular complexity index is 637. The number of nitrogens with one attached hydrogen (secondary N) is 3. The number of rotatable bonds is 1. The van der Waals surface area contributed by atoms with Crippen molar-refractivity contribution in [1.82, 2.24) is 4.98 Å². The zero-order valence-electron chi connectivity index (χ0n) is 10.5. The fourth-order valence-corrected chi connectivity index (χ4v) is 2.58. The molecule has 102 valence electrons. The van der Waals surface area contributed by atoms with Crippen LogP contribution in [0.5, 0.6) is 0 Å². The maximum atomic E-state index is 11.4. The van der Waals surface area contributed by atoms with Crippen LogP contribution < -0.4 is 16.0 Å². The number of benzene rings is 1. The van der Waals surface area contributed by atoms with Gasteiger partial charge in [0.15, 0.2) is 0 Å². The third-order valence-corrected chi connectivity index (χ3v) is 3.51. The van der Waals surface area contributed by atoms with Gasteiger partial charge in [0.05, 0.1) is 17.8 Å². The number of carbonyl (C=O) groups excluding carboxylic acids is 1. The van der Waals surface area contributed by atoms with E-state index in [4.69, 9.17) is 0 Å². The fourth-order valence-electron chi connectivity index (χ4n) is 2.58. The predicted molar refractivity (Wildman–Crippen MR) is 80.2 cm³/mol. The molecule has 1 atom stereocenters. The molecule has 1 unspecified atom stereocenters. The highest BCUT2D eigenvalue weighted by molar-refractivity contribution is 6.01. The van der Waals surface area contributed by atoms with Crippen molar-refractivity contribution in [2.75, 3.05) is 16.0 Å². The first-order chi connectivity index (χ1) is 9.29. The third-order valence-electron chi connectivity index (χ3n) is 3.51. The van der Waals surface area contributed by atoms with Gasteiger partial charge in [0.2, 0.25) is 5.91 Å². The summed E-state index contributed by atoms with van der Waals surface area (Å²) in [5, 5.41) is 9.69. The summed E-state index contributed by atoms with van der Waals surface area (Å²) in [6.45, 7) is 0. The molecule has 1 amide bonds. The van der Waals surface area contributed by atoms with Gasteiger partial charge in [0, 0.05) is 18.1 Å². The maximum Gasteiger partial charge on any atom is 0.228 e. The molecule has 3 N–H and O–H groups in total. The van der Waals surface area contributed by atoms with E-state index in [2.05, 4.69) is 20.9 Å². The lowest BCUT2D eigenvalue weighted by atomic mass is 10.1. The van der Waals surface area contributed by atoms with Crippen molar-refractivity contribution in [2.24, 2.45) is 0 Å². The van der Waals surface area contributed by atoms with Gasteiger partial charge in [-0.05, 0) is 35.4 Å². The van der Waals surface area contributed by atoms with Crippen molar-refractivity contribution in [1.29, 1.82) is 0 Å². The van der Waals surface area contributed by atoms with Gasteiger partial charge >= 0.3 is 0 Å². The van der Waals surface area contributed by atoms with Gasteiger partial charge in [0.25, 0.3) is 0 Å². The molecule has 0 aliphatic carbocycles.